The standard InChI is InChI=1S/C24H42O3.C3H8.CH4O/c1-7-24(25)27-23(11-9-8-10-19(4)16-18(2)3)21(6)13-15-22-14-12-20(5)17-26-22;1-3-2;1-2/h8-10,18,20-23H,7,11-17H2,1-6H3;3H2,1-2H3;2H,1H3/b9-8+,19-10+;;. The number of hydrogen-bond donors (Lipinski definition) is 1. The van der Waals surface area contributed by atoms with Crippen LogP contribution in [0.2, 0.25) is 0 Å². The lowest BCUT2D eigenvalue weighted by Gasteiger charge is -2.29. The van der Waals surface area contributed by atoms with Crippen molar-refractivity contribution < 1.29 is 19.4 Å². The third-order valence-corrected chi connectivity index (χ3v) is 5.36. The summed E-state index contributed by atoms with van der Waals surface area (Å²) in [5.41, 5.74) is 1.39. The lowest BCUT2D eigenvalue weighted by molar-refractivity contribution is -0.151. The van der Waals surface area contributed by atoms with E-state index in [0.29, 0.717) is 30.3 Å². The Balaban J connectivity index is 0. The first-order valence-corrected chi connectivity index (χ1v) is 12.8. The van der Waals surface area contributed by atoms with Gasteiger partial charge in [0.1, 0.15) is 6.10 Å². The van der Waals surface area contributed by atoms with Gasteiger partial charge in [0.25, 0.3) is 0 Å². The van der Waals surface area contributed by atoms with Gasteiger partial charge in [0.2, 0.25) is 0 Å². The van der Waals surface area contributed by atoms with E-state index in [1.165, 1.54) is 18.4 Å². The lowest BCUT2D eigenvalue weighted by Crippen LogP contribution is -2.28. The van der Waals surface area contributed by atoms with Gasteiger partial charge in [-0.2, -0.15) is 0 Å². The van der Waals surface area contributed by atoms with Crippen molar-refractivity contribution in [3.63, 3.8) is 0 Å². The molecule has 4 unspecified atom stereocenters. The third kappa shape index (κ3) is 18.4. The van der Waals surface area contributed by atoms with E-state index in [-0.39, 0.29) is 12.1 Å². The van der Waals surface area contributed by atoms with E-state index in [9.17, 15) is 4.79 Å². The van der Waals surface area contributed by atoms with Crippen molar-refractivity contribution in [3.8, 4) is 0 Å². The SMILES string of the molecule is CCC.CCC(=O)OC(C/C=C/C=C(\C)CC(C)C)C(C)CCC1CCC(C)CO1.CO. The van der Waals surface area contributed by atoms with Gasteiger partial charge < -0.3 is 14.6 Å². The summed E-state index contributed by atoms with van der Waals surface area (Å²) >= 11 is 0. The molecule has 1 saturated heterocycles. The van der Waals surface area contributed by atoms with Crippen molar-refractivity contribution >= 4 is 5.97 Å². The van der Waals surface area contributed by atoms with Crippen LogP contribution < -0.4 is 0 Å². The molecule has 1 N–H and O–H groups in total. The monoisotopic (exact) mass is 454 g/mol. The van der Waals surface area contributed by atoms with Crippen LogP contribution in [0.1, 0.15) is 107 Å². The first-order valence-electron chi connectivity index (χ1n) is 12.8. The van der Waals surface area contributed by atoms with Gasteiger partial charge in [0, 0.05) is 26.6 Å². The summed E-state index contributed by atoms with van der Waals surface area (Å²) in [4.78, 5) is 11.8. The zero-order chi connectivity index (χ0) is 24.9. The zero-order valence-corrected chi connectivity index (χ0v) is 22.7. The summed E-state index contributed by atoms with van der Waals surface area (Å²) in [5.74, 6) is 1.61. The molecular weight excluding hydrogens is 400 g/mol. The first kappa shape index (κ1) is 33.0. The highest BCUT2D eigenvalue weighted by Crippen LogP contribution is 2.25. The van der Waals surface area contributed by atoms with Gasteiger partial charge in [-0.1, -0.05) is 78.7 Å². The first-order chi connectivity index (χ1) is 15.2. The van der Waals surface area contributed by atoms with Gasteiger partial charge in [-0.3, -0.25) is 4.79 Å². The fraction of sp³-hybridized carbons (Fsp3) is 0.821. The molecule has 4 nitrogen and oxygen atoms in total. The fourth-order valence-electron chi connectivity index (χ4n) is 3.61. The third-order valence-electron chi connectivity index (χ3n) is 5.36. The summed E-state index contributed by atoms with van der Waals surface area (Å²) in [7, 11) is 1.00. The molecule has 0 saturated carbocycles. The molecule has 1 fully saturated rings. The highest BCUT2D eigenvalue weighted by Gasteiger charge is 2.23. The van der Waals surface area contributed by atoms with Gasteiger partial charge >= 0.3 is 5.97 Å². The molecule has 1 rings (SSSR count). The van der Waals surface area contributed by atoms with Gasteiger partial charge in [0.15, 0.2) is 0 Å². The number of ether oxygens (including phenoxy) is 2. The van der Waals surface area contributed by atoms with Crippen LogP contribution in [0.25, 0.3) is 0 Å². The summed E-state index contributed by atoms with van der Waals surface area (Å²) in [5, 5.41) is 7.00. The Morgan fingerprint density at radius 2 is 1.78 bits per heavy atom. The molecule has 1 heterocycles. The van der Waals surface area contributed by atoms with E-state index in [4.69, 9.17) is 14.6 Å². The van der Waals surface area contributed by atoms with Crippen molar-refractivity contribution in [3.05, 3.63) is 23.8 Å². The Hall–Kier alpha value is -1.13. The number of esters is 1. The lowest BCUT2D eigenvalue weighted by atomic mass is 9.91. The summed E-state index contributed by atoms with van der Waals surface area (Å²) in [6, 6.07) is 0. The minimum Gasteiger partial charge on any atom is -0.462 e. The molecule has 0 radical (unpaired) electrons. The number of aliphatic hydroxyl groups is 1. The normalized spacial score (nSPS) is 20.7. The number of hydrogen-bond acceptors (Lipinski definition) is 4. The molecule has 32 heavy (non-hydrogen) atoms. The maximum Gasteiger partial charge on any atom is 0.305 e. The Labute approximate surface area is 199 Å². The smallest absolute Gasteiger partial charge is 0.305 e. The number of rotatable bonds is 11. The van der Waals surface area contributed by atoms with Crippen LogP contribution in [0.4, 0.5) is 0 Å². The van der Waals surface area contributed by atoms with Gasteiger partial charge in [0.05, 0.1) is 6.10 Å². The largest absolute Gasteiger partial charge is 0.462 e. The van der Waals surface area contributed by atoms with Gasteiger partial charge in [-0.25, -0.2) is 0 Å². The molecule has 4 heteroatoms. The maximum atomic E-state index is 11.8. The fourth-order valence-corrected chi connectivity index (χ4v) is 3.61. The molecule has 0 spiro atoms. The van der Waals surface area contributed by atoms with Crippen molar-refractivity contribution in [1.29, 1.82) is 0 Å². The number of aliphatic hydroxyl groups excluding tert-OH is 1. The minimum absolute atomic E-state index is 0.0463. The average Bonchev–Trinajstić information content (AvgIpc) is 2.76. The second kappa shape index (κ2) is 21.7. The maximum absolute atomic E-state index is 11.8. The minimum atomic E-state index is -0.102. The van der Waals surface area contributed by atoms with Gasteiger partial charge in [-0.05, 0) is 56.8 Å². The number of carbonyl (C=O) groups is 1. The highest BCUT2D eigenvalue weighted by molar-refractivity contribution is 5.69. The van der Waals surface area contributed by atoms with Crippen LogP contribution in [-0.4, -0.2) is 37.0 Å². The van der Waals surface area contributed by atoms with Crippen molar-refractivity contribution in [1.82, 2.24) is 0 Å². The summed E-state index contributed by atoms with van der Waals surface area (Å²) < 4.78 is 11.7. The van der Waals surface area contributed by atoms with Crippen LogP contribution in [0.3, 0.4) is 0 Å². The van der Waals surface area contributed by atoms with E-state index < -0.39 is 0 Å². The van der Waals surface area contributed by atoms with Crippen molar-refractivity contribution in [2.24, 2.45) is 17.8 Å². The topological polar surface area (TPSA) is 55.8 Å². The molecule has 0 aliphatic carbocycles. The Morgan fingerprint density at radius 1 is 1.16 bits per heavy atom. The van der Waals surface area contributed by atoms with E-state index >= 15 is 0 Å². The molecule has 0 amide bonds. The van der Waals surface area contributed by atoms with E-state index in [0.717, 1.165) is 45.8 Å². The molecule has 1 aliphatic rings. The Morgan fingerprint density at radius 3 is 2.28 bits per heavy atom. The highest BCUT2D eigenvalue weighted by atomic mass is 16.5. The van der Waals surface area contributed by atoms with E-state index in [1.54, 1.807) is 0 Å². The molecular formula is C28H54O4. The molecule has 190 valence electrons. The van der Waals surface area contributed by atoms with Crippen molar-refractivity contribution in [2.45, 2.75) is 119 Å². The van der Waals surface area contributed by atoms with E-state index in [2.05, 4.69) is 66.7 Å². The molecule has 0 bridgehead atoms. The molecule has 0 aromatic rings. The summed E-state index contributed by atoms with van der Waals surface area (Å²) in [6.07, 6.45) is 14.9. The van der Waals surface area contributed by atoms with Crippen LogP contribution in [0.5, 0.6) is 0 Å². The van der Waals surface area contributed by atoms with Gasteiger partial charge in [-0.15, -0.1) is 0 Å². The molecule has 1 aliphatic heterocycles. The predicted molar refractivity (Wildman–Crippen MR) is 138 cm³/mol. The predicted octanol–water partition coefficient (Wildman–Crippen LogP) is 7.50. The van der Waals surface area contributed by atoms with E-state index in [1.807, 2.05) is 6.92 Å². The number of carbonyl (C=O) groups excluding carboxylic acids is 1. The van der Waals surface area contributed by atoms with Crippen molar-refractivity contribution in [2.75, 3.05) is 13.7 Å². The average molecular weight is 455 g/mol. The van der Waals surface area contributed by atoms with Crippen LogP contribution in [0, 0.1) is 17.8 Å². The zero-order valence-electron chi connectivity index (χ0n) is 22.7. The molecule has 0 aromatic carbocycles. The second-order valence-corrected chi connectivity index (χ2v) is 9.56. The Bertz CT molecular complexity index is 488. The van der Waals surface area contributed by atoms with Crippen LogP contribution >= 0.6 is 0 Å². The second-order valence-electron chi connectivity index (χ2n) is 9.56. The molecule has 0 aromatic heterocycles. The van der Waals surface area contributed by atoms with Crippen LogP contribution in [-0.2, 0) is 14.3 Å². The van der Waals surface area contributed by atoms with Crippen LogP contribution in [0.15, 0.2) is 23.8 Å². The molecule has 4 atom stereocenters. The Kier molecular flexibility index (Phi) is 22.4. The summed E-state index contributed by atoms with van der Waals surface area (Å²) in [6.45, 7) is 18.1. The number of allylic oxidation sites excluding steroid dienone is 3. The quantitative estimate of drug-likeness (QED) is 0.259.